The Morgan fingerprint density at radius 2 is 0.750 bits per heavy atom. The zero-order valence-corrected chi connectivity index (χ0v) is 5.74. The molecule has 56 valence electrons. The third-order valence-corrected chi connectivity index (χ3v) is 0. The topological polar surface area (TPSA) is 70.6 Å². The third-order valence-electron chi connectivity index (χ3n) is 0. The molecule has 0 saturated carbocycles. The Morgan fingerprint density at radius 3 is 0.750 bits per heavy atom. The van der Waals surface area contributed by atoms with Crippen molar-refractivity contribution in [1.29, 1.82) is 0 Å². The Hall–Kier alpha value is -0.0317. The minimum absolute atomic E-state index is 0. The van der Waals surface area contributed by atoms with Crippen LogP contribution in [-0.4, -0.2) is 0 Å². The molecule has 0 aromatic carbocycles. The summed E-state index contributed by atoms with van der Waals surface area (Å²) in [5.74, 6) is 0. The predicted octanol–water partition coefficient (Wildman–Crippen LogP) is -11.8. The van der Waals surface area contributed by atoms with Gasteiger partial charge in [-0.25, -0.2) is 0 Å². The van der Waals surface area contributed by atoms with E-state index in [-0.39, 0.29) is 25.0 Å². The standard InChI is InChI=1S/4FH.Mo.H3N.2O/h4*1H;;1H3;;/q;;;;+2;;;/p-3. The number of rotatable bonds is 0. The van der Waals surface area contributed by atoms with Crippen LogP contribution in [0.3, 0.4) is 0 Å². The Kier molecular flexibility index (Phi) is 3300. The van der Waals surface area contributed by atoms with Crippen LogP contribution in [0.25, 0.3) is 0 Å². The van der Waals surface area contributed by atoms with E-state index < -0.39 is 18.5 Å². The van der Waals surface area contributed by atoms with Crippen molar-refractivity contribution in [2.75, 3.05) is 0 Å². The van der Waals surface area contributed by atoms with Crippen LogP contribution < -0.4 is 25.0 Å². The Balaban J connectivity index is -0.00000000200. The molecule has 0 radical (unpaired) electrons. The van der Waals surface area contributed by atoms with Crippen molar-refractivity contribution < 1.29 is 44.1 Å². The minimum atomic E-state index is -2.03. The summed E-state index contributed by atoms with van der Waals surface area (Å²) < 4.78 is 17.0. The molecule has 3 nitrogen and oxygen atoms in total. The molecule has 0 rings (SSSR count). The predicted molar refractivity (Wildman–Crippen MR) is 7.36 cm³/mol. The Labute approximate surface area is 51.0 Å². The molecule has 0 unspecified atom stereocenters. The van der Waals surface area contributed by atoms with Crippen LogP contribution in [0.5, 0.6) is 0 Å². The van der Waals surface area contributed by atoms with Crippen LogP contribution in [0.1, 0.15) is 0 Å². The average molecular weight is 222 g/mol. The van der Waals surface area contributed by atoms with E-state index in [0.717, 1.165) is 0 Å². The number of halogens is 4. The summed E-state index contributed by atoms with van der Waals surface area (Å²) in [6.07, 6.45) is 0. The fourth-order valence-electron chi connectivity index (χ4n) is 0. The summed E-state index contributed by atoms with van der Waals surface area (Å²) in [5.41, 5.74) is 0. The van der Waals surface area contributed by atoms with E-state index in [9.17, 15) is 0 Å². The Morgan fingerprint density at radius 1 is 0.750 bits per heavy atom. The van der Waals surface area contributed by atoms with Gasteiger partial charge in [-0.2, -0.15) is 0 Å². The van der Waals surface area contributed by atoms with Gasteiger partial charge in [0.25, 0.3) is 0 Å². The van der Waals surface area contributed by atoms with Gasteiger partial charge in [0.2, 0.25) is 0 Å². The molecular weight excluding hydrogens is 218 g/mol. The van der Waals surface area contributed by atoms with Crippen LogP contribution >= 0.6 is 0 Å². The molecule has 0 aliphatic rings. The van der Waals surface area contributed by atoms with Crippen molar-refractivity contribution in [3.63, 3.8) is 0 Å². The normalized spacial score (nSPS) is 1.00. The van der Waals surface area contributed by atoms with Gasteiger partial charge in [0.15, 0.2) is 0 Å². The first-order valence-electron chi connectivity index (χ1n) is 0.333. The summed E-state index contributed by atoms with van der Waals surface area (Å²) in [7, 11) is 0. The first-order valence-corrected chi connectivity index (χ1v) is 1.97. The van der Waals surface area contributed by atoms with Crippen molar-refractivity contribution in [2.24, 2.45) is 0 Å². The summed E-state index contributed by atoms with van der Waals surface area (Å²) in [4.78, 5) is 0. The second kappa shape index (κ2) is 265. The molecule has 0 aliphatic heterocycles. The third kappa shape index (κ3) is 147000. The van der Waals surface area contributed by atoms with Gasteiger partial charge in [-0.05, 0) is 0 Å². The molecule has 8 heavy (non-hydrogen) atoms. The maximum absolute atomic E-state index is 8.50. The molecule has 4 N–H and O–H groups in total. The first kappa shape index (κ1) is 99.9. The fourth-order valence-corrected chi connectivity index (χ4v) is 0. The summed E-state index contributed by atoms with van der Waals surface area (Å²) in [6.45, 7) is 0. The van der Waals surface area contributed by atoms with Crippen LogP contribution in [-0.2, 0) is 25.3 Å². The molecule has 8 heteroatoms. The molecule has 0 atom stereocenters. The van der Waals surface area contributed by atoms with Crippen molar-refractivity contribution in [1.82, 2.24) is 6.15 Å². The summed E-state index contributed by atoms with van der Waals surface area (Å²) >= 11 is -2.03. The van der Waals surface area contributed by atoms with Gasteiger partial charge in [0.05, 0.1) is 0 Å². The second-order valence-corrected chi connectivity index (χ2v) is 0.403. The van der Waals surface area contributed by atoms with E-state index in [4.69, 9.17) is 6.80 Å². The van der Waals surface area contributed by atoms with Crippen molar-refractivity contribution in [3.05, 3.63) is 0 Å². The molecule has 0 aromatic heterocycles. The van der Waals surface area contributed by atoms with Gasteiger partial charge in [-0.1, -0.05) is 0 Å². The number of hydrogen-bond acceptors (Lipinski definition) is 2. The van der Waals surface area contributed by atoms with Gasteiger partial charge in [-0.15, -0.1) is 0 Å². The van der Waals surface area contributed by atoms with E-state index >= 15 is 0 Å². The average Bonchev–Trinajstić information content (AvgIpc) is 0.918. The molecule has 0 aliphatic carbocycles. The molecule has 0 fully saturated rings. The molecule has 0 amide bonds. The number of hydrogen-bond donors (Lipinski definition) is 1. The van der Waals surface area contributed by atoms with E-state index in [1.165, 1.54) is 0 Å². The fraction of sp³-hybridized carbons (Fsp3) is 0. The summed E-state index contributed by atoms with van der Waals surface area (Å²) in [5, 5.41) is 0. The quantitative estimate of drug-likeness (QED) is 0.326. The van der Waals surface area contributed by atoms with E-state index in [1.807, 2.05) is 0 Å². The Bertz CT molecular complexity index is 35.0. The molecule has 0 saturated heterocycles. The van der Waals surface area contributed by atoms with E-state index in [1.54, 1.807) is 0 Å². The first-order chi connectivity index (χ1) is 1.41. The van der Waals surface area contributed by atoms with Crippen molar-refractivity contribution >= 4 is 0 Å². The zero-order valence-electron chi connectivity index (χ0n) is 3.74. The molecular formula is H4F4MoNO2-. The molecule has 0 heterocycles. The van der Waals surface area contributed by atoms with Crippen LogP contribution in [0.15, 0.2) is 0 Å². The maximum atomic E-state index is 8.50. The van der Waals surface area contributed by atoms with Gasteiger partial charge in [0.1, 0.15) is 0 Å². The SMILES string of the molecule is [F-].[F-].[F-].[F-].[NH4+].[O]=[Mo+2]=[O]. The van der Waals surface area contributed by atoms with Crippen LogP contribution in [0.4, 0.5) is 0 Å². The zero-order chi connectivity index (χ0) is 2.71. The van der Waals surface area contributed by atoms with Crippen molar-refractivity contribution in [3.8, 4) is 0 Å². The van der Waals surface area contributed by atoms with E-state index in [0.29, 0.717) is 0 Å². The van der Waals surface area contributed by atoms with Gasteiger partial charge >= 0.3 is 25.3 Å². The molecule has 0 bridgehead atoms. The summed E-state index contributed by atoms with van der Waals surface area (Å²) in [6, 6.07) is 0. The number of quaternary nitrogens is 1. The van der Waals surface area contributed by atoms with Crippen LogP contribution in [0.2, 0.25) is 0 Å². The van der Waals surface area contributed by atoms with Gasteiger partial charge < -0.3 is 25.0 Å². The van der Waals surface area contributed by atoms with E-state index in [2.05, 4.69) is 0 Å². The second-order valence-electron chi connectivity index (χ2n) is 0.0680. The molecule has 0 spiro atoms. The van der Waals surface area contributed by atoms with Crippen molar-refractivity contribution in [2.45, 2.75) is 0 Å². The monoisotopic (exact) mass is 224 g/mol. The van der Waals surface area contributed by atoms with Crippen LogP contribution in [0, 0.1) is 0 Å². The van der Waals surface area contributed by atoms with Gasteiger partial charge in [-0.3, -0.25) is 0 Å². The molecule has 0 aromatic rings. The van der Waals surface area contributed by atoms with Gasteiger partial charge in [0, 0.05) is 0 Å².